The van der Waals surface area contributed by atoms with Crippen molar-refractivity contribution in [2.45, 2.75) is 26.0 Å². The first-order chi connectivity index (χ1) is 8.85. The van der Waals surface area contributed by atoms with Crippen LogP contribution in [0.25, 0.3) is 0 Å². The van der Waals surface area contributed by atoms with Gasteiger partial charge < -0.3 is 15.2 Å². The Kier molecular flexibility index (Phi) is 5.62. The number of hydrogen-bond donors (Lipinski definition) is 2. The number of rotatable bonds is 6. The first-order valence-electron chi connectivity index (χ1n) is 5.28. The number of halogens is 4. The fourth-order valence-electron chi connectivity index (χ4n) is 1.38. The fourth-order valence-corrected chi connectivity index (χ4v) is 1.96. The van der Waals surface area contributed by atoms with Crippen molar-refractivity contribution in [2.24, 2.45) is 0 Å². The monoisotopic (exact) mass is 313 g/mol. The minimum Gasteiger partial charge on any atom is -0.480 e. The Labute approximate surface area is 118 Å². The standard InChI is InChI=1S/C11H11Cl2F2NO3/c1-2-8(10(17)18)16-5-3-6(12)9(7(13)4-5)19-11(14)15/h3-4,8,11,16H,2H2,1H3,(H,17,18). The molecule has 1 aromatic rings. The Morgan fingerprint density at radius 1 is 1.42 bits per heavy atom. The molecule has 0 bridgehead atoms. The van der Waals surface area contributed by atoms with Crippen molar-refractivity contribution in [3.8, 4) is 5.75 Å². The molecule has 1 aromatic carbocycles. The first kappa shape index (κ1) is 15.8. The quantitative estimate of drug-likeness (QED) is 0.837. The molecule has 19 heavy (non-hydrogen) atoms. The van der Waals surface area contributed by atoms with Gasteiger partial charge in [0, 0.05) is 5.69 Å². The topological polar surface area (TPSA) is 58.6 Å². The molecule has 1 unspecified atom stereocenters. The summed E-state index contributed by atoms with van der Waals surface area (Å²) in [6.07, 6.45) is 0.333. The molecule has 2 N–H and O–H groups in total. The van der Waals surface area contributed by atoms with Gasteiger partial charge in [-0.15, -0.1) is 0 Å². The number of nitrogens with one attached hydrogen (secondary N) is 1. The average Bonchev–Trinajstić information content (AvgIpc) is 2.30. The van der Waals surface area contributed by atoms with E-state index in [4.69, 9.17) is 28.3 Å². The van der Waals surface area contributed by atoms with Crippen LogP contribution in [0.2, 0.25) is 10.0 Å². The van der Waals surface area contributed by atoms with Gasteiger partial charge in [0.25, 0.3) is 0 Å². The third-order valence-corrected chi connectivity index (χ3v) is 2.81. The zero-order chi connectivity index (χ0) is 14.6. The molecule has 4 nitrogen and oxygen atoms in total. The van der Waals surface area contributed by atoms with E-state index in [9.17, 15) is 13.6 Å². The molecule has 0 aliphatic heterocycles. The van der Waals surface area contributed by atoms with E-state index < -0.39 is 18.6 Å². The lowest BCUT2D eigenvalue weighted by molar-refractivity contribution is -0.137. The van der Waals surface area contributed by atoms with Crippen molar-refractivity contribution in [2.75, 3.05) is 5.32 Å². The van der Waals surface area contributed by atoms with Gasteiger partial charge >= 0.3 is 12.6 Å². The highest BCUT2D eigenvalue weighted by Gasteiger charge is 2.18. The first-order valence-corrected chi connectivity index (χ1v) is 6.04. The molecule has 0 aliphatic carbocycles. The number of carbonyl (C=O) groups is 1. The molecule has 0 radical (unpaired) electrons. The van der Waals surface area contributed by atoms with Gasteiger partial charge in [-0.25, -0.2) is 4.79 Å². The Morgan fingerprint density at radius 3 is 2.32 bits per heavy atom. The second-order valence-corrected chi connectivity index (χ2v) is 4.41. The Hall–Kier alpha value is -1.27. The highest BCUT2D eigenvalue weighted by molar-refractivity contribution is 6.37. The summed E-state index contributed by atoms with van der Waals surface area (Å²) >= 11 is 11.5. The number of anilines is 1. The second-order valence-electron chi connectivity index (χ2n) is 3.59. The summed E-state index contributed by atoms with van der Waals surface area (Å²) in [5.41, 5.74) is 0.311. The van der Waals surface area contributed by atoms with Gasteiger partial charge in [0.2, 0.25) is 0 Å². The summed E-state index contributed by atoms with van der Waals surface area (Å²) in [4.78, 5) is 10.9. The summed E-state index contributed by atoms with van der Waals surface area (Å²) in [5, 5.41) is 11.3. The van der Waals surface area contributed by atoms with Gasteiger partial charge in [0.05, 0.1) is 10.0 Å². The maximum absolute atomic E-state index is 12.1. The number of ether oxygens (including phenoxy) is 1. The van der Waals surface area contributed by atoms with Crippen LogP contribution in [0, 0.1) is 0 Å². The maximum Gasteiger partial charge on any atom is 0.387 e. The molecule has 8 heteroatoms. The zero-order valence-electron chi connectivity index (χ0n) is 9.79. The van der Waals surface area contributed by atoms with Crippen molar-refractivity contribution < 1.29 is 23.4 Å². The number of aliphatic carboxylic acids is 1. The van der Waals surface area contributed by atoms with E-state index in [0.29, 0.717) is 12.1 Å². The van der Waals surface area contributed by atoms with Crippen LogP contribution in [0.1, 0.15) is 13.3 Å². The molecule has 1 rings (SSSR count). The number of carboxylic acid groups (broad SMARTS) is 1. The molecule has 0 amide bonds. The van der Waals surface area contributed by atoms with Gasteiger partial charge in [-0.05, 0) is 18.6 Å². The van der Waals surface area contributed by atoms with Crippen LogP contribution in [-0.4, -0.2) is 23.7 Å². The van der Waals surface area contributed by atoms with Crippen LogP contribution in [0.3, 0.4) is 0 Å². The predicted octanol–water partition coefficient (Wildman–Crippen LogP) is 3.87. The van der Waals surface area contributed by atoms with Crippen molar-refractivity contribution in [3.63, 3.8) is 0 Å². The van der Waals surface area contributed by atoms with Crippen LogP contribution in [0.15, 0.2) is 12.1 Å². The minimum atomic E-state index is -3.05. The zero-order valence-corrected chi connectivity index (χ0v) is 11.3. The van der Waals surface area contributed by atoms with E-state index in [1.165, 1.54) is 12.1 Å². The summed E-state index contributed by atoms with van der Waals surface area (Å²) < 4.78 is 28.4. The molecule has 0 heterocycles. The van der Waals surface area contributed by atoms with Crippen molar-refractivity contribution in [1.82, 2.24) is 0 Å². The molecule has 0 saturated heterocycles. The number of benzene rings is 1. The lowest BCUT2D eigenvalue weighted by Gasteiger charge is -2.16. The summed E-state index contributed by atoms with van der Waals surface area (Å²) in [6, 6.07) is 1.72. The third-order valence-electron chi connectivity index (χ3n) is 2.25. The van der Waals surface area contributed by atoms with E-state index in [1.807, 2.05) is 0 Å². The van der Waals surface area contributed by atoms with Crippen molar-refractivity contribution in [1.29, 1.82) is 0 Å². The lowest BCUT2D eigenvalue weighted by Crippen LogP contribution is -2.28. The van der Waals surface area contributed by atoms with Gasteiger partial charge in [0.1, 0.15) is 6.04 Å². The highest BCUT2D eigenvalue weighted by atomic mass is 35.5. The Balaban J connectivity index is 2.97. The van der Waals surface area contributed by atoms with E-state index in [-0.39, 0.29) is 15.8 Å². The molecule has 1 atom stereocenters. The van der Waals surface area contributed by atoms with Crippen LogP contribution < -0.4 is 10.1 Å². The number of hydrogen-bond acceptors (Lipinski definition) is 3. The predicted molar refractivity (Wildman–Crippen MR) is 68.4 cm³/mol. The Bertz CT molecular complexity index is 448. The SMILES string of the molecule is CCC(Nc1cc(Cl)c(OC(F)F)c(Cl)c1)C(=O)O. The van der Waals surface area contributed by atoms with Gasteiger partial charge in [-0.2, -0.15) is 8.78 Å². The van der Waals surface area contributed by atoms with E-state index in [0.717, 1.165) is 0 Å². The Morgan fingerprint density at radius 2 is 1.95 bits per heavy atom. The van der Waals surface area contributed by atoms with Gasteiger partial charge in [0.15, 0.2) is 5.75 Å². The molecular weight excluding hydrogens is 303 g/mol. The number of carboxylic acids is 1. The number of alkyl halides is 2. The van der Waals surface area contributed by atoms with Gasteiger partial charge in [-0.3, -0.25) is 0 Å². The van der Waals surface area contributed by atoms with Crippen LogP contribution in [0.5, 0.6) is 5.75 Å². The van der Waals surface area contributed by atoms with E-state index >= 15 is 0 Å². The lowest BCUT2D eigenvalue weighted by atomic mass is 10.2. The normalized spacial score (nSPS) is 12.3. The fraction of sp³-hybridized carbons (Fsp3) is 0.364. The molecule has 0 spiro atoms. The van der Waals surface area contributed by atoms with Crippen molar-refractivity contribution in [3.05, 3.63) is 22.2 Å². The van der Waals surface area contributed by atoms with Crippen LogP contribution in [-0.2, 0) is 4.79 Å². The average molecular weight is 314 g/mol. The van der Waals surface area contributed by atoms with Crippen LogP contribution >= 0.6 is 23.2 Å². The smallest absolute Gasteiger partial charge is 0.387 e. The molecule has 0 saturated carbocycles. The minimum absolute atomic E-state index is 0.129. The second kappa shape index (κ2) is 6.77. The molecule has 0 fully saturated rings. The summed E-state index contributed by atoms with van der Waals surface area (Å²) in [6.45, 7) is -1.36. The van der Waals surface area contributed by atoms with E-state index in [1.54, 1.807) is 6.92 Å². The summed E-state index contributed by atoms with van der Waals surface area (Å²) in [5.74, 6) is -1.38. The highest BCUT2D eigenvalue weighted by Crippen LogP contribution is 2.37. The van der Waals surface area contributed by atoms with E-state index in [2.05, 4.69) is 10.1 Å². The molecule has 0 aromatic heterocycles. The molecular formula is C11H11Cl2F2NO3. The largest absolute Gasteiger partial charge is 0.480 e. The molecule has 106 valence electrons. The van der Waals surface area contributed by atoms with Crippen molar-refractivity contribution >= 4 is 34.9 Å². The van der Waals surface area contributed by atoms with Crippen LogP contribution in [0.4, 0.5) is 14.5 Å². The third kappa shape index (κ3) is 4.40. The summed E-state index contributed by atoms with van der Waals surface area (Å²) in [7, 11) is 0. The van der Waals surface area contributed by atoms with Gasteiger partial charge in [-0.1, -0.05) is 30.1 Å². The maximum atomic E-state index is 12.1. The molecule has 0 aliphatic rings.